The van der Waals surface area contributed by atoms with E-state index in [0.717, 1.165) is 26.1 Å². The molecule has 1 aliphatic heterocycles. The van der Waals surface area contributed by atoms with E-state index in [-0.39, 0.29) is 11.3 Å². The summed E-state index contributed by atoms with van der Waals surface area (Å²) in [4.78, 5) is 30.1. The summed E-state index contributed by atoms with van der Waals surface area (Å²) in [5, 5.41) is 12.0. The third kappa shape index (κ3) is 6.18. The Kier molecular flexibility index (Phi) is 9.61. The van der Waals surface area contributed by atoms with E-state index in [4.69, 9.17) is 27.9 Å². The number of nitrogens with zero attached hydrogens (tertiary/aromatic N) is 2. The van der Waals surface area contributed by atoms with Crippen LogP contribution in [0.5, 0.6) is 5.75 Å². The van der Waals surface area contributed by atoms with E-state index >= 15 is 0 Å². The predicted molar refractivity (Wildman–Crippen MR) is 140 cm³/mol. The number of likely N-dealkylation sites (tertiary alicyclic amines) is 1. The largest absolute Gasteiger partial charge is 0.507 e. The lowest BCUT2D eigenvalue weighted by Gasteiger charge is -2.27. The molecule has 0 bridgehead atoms. The molecule has 0 saturated carbocycles. The maximum Gasteiger partial charge on any atom is 0.295 e. The van der Waals surface area contributed by atoms with Crippen LogP contribution in [0.3, 0.4) is 0 Å². The van der Waals surface area contributed by atoms with Gasteiger partial charge >= 0.3 is 0 Å². The van der Waals surface area contributed by atoms with Gasteiger partial charge in [0.1, 0.15) is 11.5 Å². The van der Waals surface area contributed by atoms with Crippen LogP contribution in [0.2, 0.25) is 10.0 Å². The number of amides is 1. The van der Waals surface area contributed by atoms with Crippen molar-refractivity contribution in [1.29, 1.82) is 0 Å². The molecule has 1 saturated heterocycles. The van der Waals surface area contributed by atoms with Crippen molar-refractivity contribution in [3.05, 3.63) is 69.2 Å². The van der Waals surface area contributed by atoms with Crippen molar-refractivity contribution in [3.8, 4) is 5.75 Å². The van der Waals surface area contributed by atoms with E-state index in [1.54, 1.807) is 42.5 Å². The molecule has 1 heterocycles. The van der Waals surface area contributed by atoms with Crippen LogP contribution in [-0.2, 0) is 9.59 Å². The second kappa shape index (κ2) is 12.4. The molecule has 0 radical (unpaired) electrons. The zero-order valence-corrected chi connectivity index (χ0v) is 21.9. The second-order valence-electron chi connectivity index (χ2n) is 8.42. The van der Waals surface area contributed by atoms with Crippen molar-refractivity contribution >= 4 is 40.7 Å². The van der Waals surface area contributed by atoms with Crippen LogP contribution in [0.25, 0.3) is 5.76 Å². The van der Waals surface area contributed by atoms with Crippen LogP contribution < -0.4 is 4.74 Å². The molecule has 8 heteroatoms. The minimum absolute atomic E-state index is 0.0314. The monoisotopic (exact) mass is 518 g/mol. The summed E-state index contributed by atoms with van der Waals surface area (Å²) in [6.45, 7) is 9.67. The molecule has 2 aromatic rings. The zero-order chi connectivity index (χ0) is 25.5. The van der Waals surface area contributed by atoms with Gasteiger partial charge in [-0.15, -0.1) is 0 Å². The van der Waals surface area contributed by atoms with Crippen LogP contribution in [-0.4, -0.2) is 59.4 Å². The number of Topliss-reactive ketones (excluding diaryl/α,β-unsaturated/α-hetero) is 1. The lowest BCUT2D eigenvalue weighted by Crippen LogP contribution is -2.33. The first-order valence-corrected chi connectivity index (χ1v) is 12.8. The van der Waals surface area contributed by atoms with Crippen LogP contribution in [0.4, 0.5) is 0 Å². The first-order valence-electron chi connectivity index (χ1n) is 12.0. The van der Waals surface area contributed by atoms with Crippen molar-refractivity contribution < 1.29 is 19.4 Å². The Balaban J connectivity index is 2.05. The highest BCUT2D eigenvalue weighted by Crippen LogP contribution is 2.41. The van der Waals surface area contributed by atoms with Crippen molar-refractivity contribution in [2.75, 3.05) is 32.8 Å². The summed E-state index contributed by atoms with van der Waals surface area (Å²) in [7, 11) is 0. The van der Waals surface area contributed by atoms with Gasteiger partial charge in [0, 0.05) is 12.1 Å². The Morgan fingerprint density at radius 3 is 2.46 bits per heavy atom. The van der Waals surface area contributed by atoms with E-state index in [2.05, 4.69) is 18.7 Å². The summed E-state index contributed by atoms with van der Waals surface area (Å²) in [6.07, 6.45) is 1.53. The van der Waals surface area contributed by atoms with E-state index < -0.39 is 17.7 Å². The Hall–Kier alpha value is -2.54. The minimum Gasteiger partial charge on any atom is -0.507 e. The molecule has 188 valence electrons. The molecule has 1 unspecified atom stereocenters. The predicted octanol–water partition coefficient (Wildman–Crippen LogP) is 5.94. The lowest BCUT2D eigenvalue weighted by molar-refractivity contribution is -0.140. The first kappa shape index (κ1) is 27.1. The number of hydrogen-bond donors (Lipinski definition) is 1. The number of halogens is 2. The molecule has 1 N–H and O–H groups in total. The SMILES string of the molecule is CCCOc1cccc(/C(O)=C2\C(=O)C(=O)N(CCCN(CC)CC)C2c2ccc(Cl)c(Cl)c2)c1. The average molecular weight is 519 g/mol. The lowest BCUT2D eigenvalue weighted by atomic mass is 9.95. The highest BCUT2D eigenvalue weighted by molar-refractivity contribution is 6.46. The molecule has 1 amide bonds. The van der Waals surface area contributed by atoms with Gasteiger partial charge in [-0.3, -0.25) is 9.59 Å². The smallest absolute Gasteiger partial charge is 0.295 e. The van der Waals surface area contributed by atoms with Gasteiger partial charge in [-0.1, -0.05) is 62.2 Å². The van der Waals surface area contributed by atoms with Gasteiger partial charge in [-0.05, 0) is 62.3 Å². The fourth-order valence-corrected chi connectivity index (χ4v) is 4.56. The first-order chi connectivity index (χ1) is 16.8. The highest BCUT2D eigenvalue weighted by atomic mass is 35.5. The molecule has 1 aliphatic rings. The average Bonchev–Trinajstić information content (AvgIpc) is 3.11. The van der Waals surface area contributed by atoms with Gasteiger partial charge in [0.15, 0.2) is 0 Å². The van der Waals surface area contributed by atoms with E-state index in [1.807, 2.05) is 6.92 Å². The number of benzene rings is 2. The summed E-state index contributed by atoms with van der Waals surface area (Å²) in [6, 6.07) is 11.1. The van der Waals surface area contributed by atoms with Crippen molar-refractivity contribution in [3.63, 3.8) is 0 Å². The molecule has 6 nitrogen and oxygen atoms in total. The number of ether oxygens (including phenoxy) is 1. The Morgan fingerprint density at radius 2 is 1.80 bits per heavy atom. The molecule has 3 rings (SSSR count). The number of aliphatic hydroxyl groups excluding tert-OH is 1. The molecule has 0 aliphatic carbocycles. The van der Waals surface area contributed by atoms with E-state index in [9.17, 15) is 14.7 Å². The fourth-order valence-electron chi connectivity index (χ4n) is 4.25. The molecule has 2 aromatic carbocycles. The standard InChI is InChI=1S/C27H32Cl2N2O4/c1-4-15-35-20-10-7-9-19(16-20)25(32)23-24(18-11-12-21(28)22(29)17-18)31(27(34)26(23)33)14-8-13-30(5-2)6-3/h7,9-12,16-17,24,32H,4-6,8,13-15H2,1-3H3/b25-23+. The highest BCUT2D eigenvalue weighted by Gasteiger charge is 2.46. The van der Waals surface area contributed by atoms with Crippen molar-refractivity contribution in [2.45, 2.75) is 39.7 Å². The van der Waals surface area contributed by atoms with Crippen LogP contribution in [0.1, 0.15) is 50.8 Å². The van der Waals surface area contributed by atoms with Gasteiger partial charge in [-0.25, -0.2) is 0 Å². The molecule has 35 heavy (non-hydrogen) atoms. The fraction of sp³-hybridized carbons (Fsp3) is 0.407. The van der Waals surface area contributed by atoms with Crippen molar-refractivity contribution in [1.82, 2.24) is 9.80 Å². The second-order valence-corrected chi connectivity index (χ2v) is 9.24. The number of ketones is 1. The Labute approximate surface area is 217 Å². The minimum atomic E-state index is -0.776. The number of rotatable bonds is 11. The molecule has 1 fully saturated rings. The van der Waals surface area contributed by atoms with Gasteiger partial charge in [0.25, 0.3) is 11.7 Å². The number of carbonyl (C=O) groups is 2. The number of carbonyl (C=O) groups excluding carboxylic acids is 2. The van der Waals surface area contributed by atoms with Crippen LogP contribution in [0, 0.1) is 0 Å². The Morgan fingerprint density at radius 1 is 1.06 bits per heavy atom. The summed E-state index contributed by atoms with van der Waals surface area (Å²) in [5.74, 6) is -1.02. The quantitative estimate of drug-likeness (QED) is 0.226. The van der Waals surface area contributed by atoms with Gasteiger partial charge < -0.3 is 19.6 Å². The third-order valence-electron chi connectivity index (χ3n) is 6.15. The van der Waals surface area contributed by atoms with Gasteiger partial charge in [0.05, 0.1) is 28.3 Å². The number of hydrogen-bond acceptors (Lipinski definition) is 5. The Bertz CT molecular complexity index is 1100. The van der Waals surface area contributed by atoms with E-state index in [0.29, 0.717) is 46.5 Å². The van der Waals surface area contributed by atoms with Gasteiger partial charge in [-0.2, -0.15) is 0 Å². The molecular formula is C27H32Cl2N2O4. The normalized spacial score (nSPS) is 17.4. The molecule has 0 aromatic heterocycles. The summed E-state index contributed by atoms with van der Waals surface area (Å²) < 4.78 is 5.68. The van der Waals surface area contributed by atoms with Crippen LogP contribution in [0.15, 0.2) is 48.0 Å². The summed E-state index contributed by atoms with van der Waals surface area (Å²) in [5.41, 5.74) is 1.05. The maximum atomic E-state index is 13.2. The van der Waals surface area contributed by atoms with Gasteiger partial charge in [0.2, 0.25) is 0 Å². The molecule has 0 spiro atoms. The third-order valence-corrected chi connectivity index (χ3v) is 6.89. The zero-order valence-electron chi connectivity index (χ0n) is 20.4. The number of aliphatic hydroxyl groups is 1. The molecule has 1 atom stereocenters. The maximum absolute atomic E-state index is 13.2. The van der Waals surface area contributed by atoms with E-state index in [1.165, 1.54) is 4.90 Å². The molecular weight excluding hydrogens is 487 g/mol. The van der Waals surface area contributed by atoms with Crippen molar-refractivity contribution in [2.24, 2.45) is 0 Å². The topological polar surface area (TPSA) is 70.1 Å². The summed E-state index contributed by atoms with van der Waals surface area (Å²) >= 11 is 12.4. The van der Waals surface area contributed by atoms with Crippen LogP contribution >= 0.6 is 23.2 Å².